The number of nitrogens with two attached hydrogens (primary N) is 1. The zero-order valence-corrected chi connectivity index (χ0v) is 26.2. The lowest BCUT2D eigenvalue weighted by molar-refractivity contribution is 0.102. The Labute approximate surface area is 274 Å². The van der Waals surface area contributed by atoms with E-state index in [2.05, 4.69) is 5.32 Å². The maximum Gasteiger partial charge on any atom is 0.255 e. The van der Waals surface area contributed by atoms with Crippen LogP contribution < -0.4 is 34.9 Å². The SMILES string of the molecule is CN(C)c1ccc(C(=O)Nc2ccc(/C=C/c3ccc4c(c3)OCO4)cc2)cc1.Nc1ccc(/C=C/c2ccc3c(c2)OCO3)cc1. The average Bonchev–Trinajstić information content (AvgIpc) is 3.77. The third kappa shape index (κ3) is 8.12. The van der Waals surface area contributed by atoms with Crippen LogP contribution in [0.1, 0.15) is 32.6 Å². The second-order valence-electron chi connectivity index (χ2n) is 11.1. The van der Waals surface area contributed by atoms with Gasteiger partial charge in [-0.2, -0.15) is 0 Å². The zero-order valence-electron chi connectivity index (χ0n) is 26.2. The fourth-order valence-corrected chi connectivity index (χ4v) is 4.82. The van der Waals surface area contributed by atoms with Gasteiger partial charge in [-0.05, 0) is 95.1 Å². The Morgan fingerprint density at radius 1 is 0.596 bits per heavy atom. The van der Waals surface area contributed by atoms with Crippen molar-refractivity contribution in [1.29, 1.82) is 0 Å². The van der Waals surface area contributed by atoms with Gasteiger partial charge in [0.1, 0.15) is 0 Å². The Morgan fingerprint density at radius 2 is 1.04 bits per heavy atom. The molecule has 2 heterocycles. The summed E-state index contributed by atoms with van der Waals surface area (Å²) >= 11 is 0. The molecule has 47 heavy (non-hydrogen) atoms. The van der Waals surface area contributed by atoms with E-state index in [0.717, 1.165) is 62.3 Å². The van der Waals surface area contributed by atoms with E-state index >= 15 is 0 Å². The highest BCUT2D eigenvalue weighted by atomic mass is 16.7. The van der Waals surface area contributed by atoms with Crippen LogP contribution in [0.25, 0.3) is 24.3 Å². The first-order chi connectivity index (χ1) is 22.9. The van der Waals surface area contributed by atoms with Gasteiger partial charge in [0.2, 0.25) is 13.6 Å². The molecule has 1 amide bonds. The van der Waals surface area contributed by atoms with E-state index in [4.69, 9.17) is 24.7 Å². The second-order valence-corrected chi connectivity index (χ2v) is 11.1. The van der Waals surface area contributed by atoms with Crippen LogP contribution in [0.15, 0.2) is 109 Å². The molecule has 0 fully saturated rings. The number of nitrogens with zero attached hydrogens (tertiary/aromatic N) is 1. The average molecular weight is 626 g/mol. The van der Waals surface area contributed by atoms with Crippen molar-refractivity contribution in [3.05, 3.63) is 137 Å². The summed E-state index contributed by atoms with van der Waals surface area (Å²) in [6, 6.07) is 34.7. The minimum Gasteiger partial charge on any atom is -0.454 e. The number of nitrogens with one attached hydrogen (secondary N) is 1. The fraction of sp³-hybridized carbons (Fsp3) is 0.103. The molecule has 0 saturated carbocycles. The third-order valence-electron chi connectivity index (χ3n) is 7.48. The topological polar surface area (TPSA) is 95.3 Å². The zero-order chi connectivity index (χ0) is 32.6. The Hall–Kier alpha value is -6.15. The monoisotopic (exact) mass is 625 g/mol. The number of hydrogen-bond acceptors (Lipinski definition) is 7. The highest BCUT2D eigenvalue weighted by molar-refractivity contribution is 6.04. The number of hydrogen-bond donors (Lipinski definition) is 2. The lowest BCUT2D eigenvalue weighted by atomic mass is 10.1. The summed E-state index contributed by atoms with van der Waals surface area (Å²) in [6.45, 7) is 0.579. The Kier molecular flexibility index (Phi) is 9.39. The molecule has 0 unspecified atom stereocenters. The normalized spacial score (nSPS) is 12.6. The summed E-state index contributed by atoms with van der Waals surface area (Å²) in [5.41, 5.74) is 13.1. The maximum atomic E-state index is 12.4. The first-order valence-corrected chi connectivity index (χ1v) is 15.1. The number of anilines is 3. The number of fused-ring (bicyclic) bond motifs is 2. The Bertz CT molecular complexity index is 1900. The van der Waals surface area contributed by atoms with Crippen molar-refractivity contribution >= 4 is 47.3 Å². The van der Waals surface area contributed by atoms with Crippen molar-refractivity contribution in [1.82, 2.24) is 0 Å². The standard InChI is InChI=1S/C24H22N2O3.C15H13NO2/c1-26(2)21-12-8-19(9-13-21)24(27)25-20-10-5-17(6-11-20)3-4-18-7-14-22-23(15-18)29-16-28-22;16-13-6-3-11(4-7-13)1-2-12-5-8-14-15(9-12)18-10-17-14/h3-15H,16H2,1-2H3,(H,25,27);1-9H,10,16H2/b4-3+;2-1+. The molecule has 0 bridgehead atoms. The lowest BCUT2D eigenvalue weighted by Crippen LogP contribution is -2.13. The molecule has 0 atom stereocenters. The number of carbonyl (C=O) groups excluding carboxylic acids is 1. The number of ether oxygens (including phenoxy) is 4. The van der Waals surface area contributed by atoms with Gasteiger partial charge in [-0.1, -0.05) is 60.7 Å². The van der Waals surface area contributed by atoms with Gasteiger partial charge in [-0.25, -0.2) is 0 Å². The Morgan fingerprint density at radius 3 is 1.55 bits per heavy atom. The van der Waals surface area contributed by atoms with Crippen molar-refractivity contribution in [2.45, 2.75) is 0 Å². The number of nitrogen functional groups attached to an aromatic ring is 1. The van der Waals surface area contributed by atoms with Crippen LogP contribution in [0.5, 0.6) is 23.0 Å². The molecule has 5 aromatic rings. The van der Waals surface area contributed by atoms with E-state index in [1.807, 2.05) is 152 Å². The molecule has 5 aromatic carbocycles. The van der Waals surface area contributed by atoms with Gasteiger partial charge >= 0.3 is 0 Å². The van der Waals surface area contributed by atoms with Gasteiger partial charge in [0.05, 0.1) is 0 Å². The first kappa shape index (κ1) is 30.9. The minimum atomic E-state index is -0.126. The number of rotatable bonds is 7. The molecule has 0 aliphatic carbocycles. The smallest absolute Gasteiger partial charge is 0.255 e. The molecule has 2 aliphatic heterocycles. The van der Waals surface area contributed by atoms with E-state index < -0.39 is 0 Å². The van der Waals surface area contributed by atoms with Gasteiger partial charge in [0.25, 0.3) is 5.91 Å². The number of amides is 1. The van der Waals surface area contributed by atoms with Crippen LogP contribution in [-0.4, -0.2) is 33.6 Å². The van der Waals surface area contributed by atoms with E-state index in [1.165, 1.54) is 0 Å². The van der Waals surface area contributed by atoms with Gasteiger partial charge in [-0.3, -0.25) is 4.79 Å². The van der Waals surface area contributed by atoms with E-state index in [0.29, 0.717) is 12.4 Å². The van der Waals surface area contributed by atoms with Crippen LogP contribution in [0.4, 0.5) is 17.1 Å². The summed E-state index contributed by atoms with van der Waals surface area (Å²) in [5, 5.41) is 2.93. The van der Waals surface area contributed by atoms with E-state index in [1.54, 1.807) is 0 Å². The first-order valence-electron chi connectivity index (χ1n) is 15.1. The number of carbonyl (C=O) groups is 1. The lowest BCUT2D eigenvalue weighted by Gasteiger charge is -2.12. The van der Waals surface area contributed by atoms with Crippen molar-refractivity contribution in [3.8, 4) is 23.0 Å². The number of benzene rings is 5. The minimum absolute atomic E-state index is 0.126. The van der Waals surface area contributed by atoms with Gasteiger partial charge in [0.15, 0.2) is 23.0 Å². The molecule has 0 saturated heterocycles. The van der Waals surface area contributed by atoms with Crippen molar-refractivity contribution in [2.75, 3.05) is 43.6 Å². The van der Waals surface area contributed by atoms with Gasteiger partial charge in [-0.15, -0.1) is 0 Å². The fourth-order valence-electron chi connectivity index (χ4n) is 4.82. The summed E-state index contributed by atoms with van der Waals surface area (Å²) in [5.74, 6) is 3.02. The molecule has 236 valence electrons. The Balaban J connectivity index is 0.000000183. The van der Waals surface area contributed by atoms with E-state index in [-0.39, 0.29) is 12.7 Å². The molecule has 2 aliphatic rings. The molecule has 0 aromatic heterocycles. The molecule has 0 radical (unpaired) electrons. The highest BCUT2D eigenvalue weighted by Crippen LogP contribution is 2.34. The summed E-state index contributed by atoms with van der Waals surface area (Å²) in [7, 11) is 3.94. The molecular weight excluding hydrogens is 590 g/mol. The molecule has 8 nitrogen and oxygen atoms in total. The summed E-state index contributed by atoms with van der Waals surface area (Å²) < 4.78 is 21.3. The third-order valence-corrected chi connectivity index (χ3v) is 7.48. The maximum absolute atomic E-state index is 12.4. The largest absolute Gasteiger partial charge is 0.454 e. The quantitative estimate of drug-likeness (QED) is 0.140. The molecule has 0 spiro atoms. The highest BCUT2D eigenvalue weighted by Gasteiger charge is 2.13. The van der Waals surface area contributed by atoms with Gasteiger partial charge < -0.3 is 34.9 Å². The predicted octanol–water partition coefficient (Wildman–Crippen LogP) is 8.07. The molecule has 8 heteroatoms. The van der Waals surface area contributed by atoms with Crippen LogP contribution in [-0.2, 0) is 0 Å². The van der Waals surface area contributed by atoms with Gasteiger partial charge in [0, 0.05) is 36.7 Å². The molecular formula is C39H35N3O5. The van der Waals surface area contributed by atoms with Crippen LogP contribution in [0, 0.1) is 0 Å². The summed E-state index contributed by atoms with van der Waals surface area (Å²) in [6.07, 6.45) is 8.11. The molecule has 3 N–H and O–H groups in total. The molecule has 7 rings (SSSR count). The van der Waals surface area contributed by atoms with Crippen LogP contribution in [0.2, 0.25) is 0 Å². The van der Waals surface area contributed by atoms with Crippen molar-refractivity contribution in [3.63, 3.8) is 0 Å². The van der Waals surface area contributed by atoms with Crippen LogP contribution >= 0.6 is 0 Å². The van der Waals surface area contributed by atoms with Crippen molar-refractivity contribution in [2.24, 2.45) is 0 Å². The van der Waals surface area contributed by atoms with Crippen LogP contribution in [0.3, 0.4) is 0 Å². The van der Waals surface area contributed by atoms with Crippen molar-refractivity contribution < 1.29 is 23.7 Å². The van der Waals surface area contributed by atoms with E-state index in [9.17, 15) is 4.79 Å². The second kappa shape index (κ2) is 14.3. The predicted molar refractivity (Wildman–Crippen MR) is 189 cm³/mol. The summed E-state index contributed by atoms with van der Waals surface area (Å²) in [4.78, 5) is 14.4.